The Morgan fingerprint density at radius 1 is 1.21 bits per heavy atom. The molecule has 0 bridgehead atoms. The molecule has 0 spiro atoms. The van der Waals surface area contributed by atoms with E-state index in [-0.39, 0.29) is 5.41 Å². The van der Waals surface area contributed by atoms with Gasteiger partial charge in [-0.3, -0.25) is 0 Å². The van der Waals surface area contributed by atoms with Crippen molar-refractivity contribution in [1.82, 2.24) is 14.5 Å². The van der Waals surface area contributed by atoms with Crippen LogP contribution >= 0.6 is 0 Å². The third kappa shape index (κ3) is 3.16. The van der Waals surface area contributed by atoms with Gasteiger partial charge in [0, 0.05) is 24.3 Å². The molecular weight excluding hydrogens is 234 g/mol. The van der Waals surface area contributed by atoms with Crippen molar-refractivity contribution in [2.24, 2.45) is 0 Å². The van der Waals surface area contributed by atoms with Crippen LogP contribution in [0.4, 0.5) is 0 Å². The lowest BCUT2D eigenvalue weighted by atomic mass is 9.86. The summed E-state index contributed by atoms with van der Waals surface area (Å²) in [4.78, 5) is 6.78. The molecule has 2 rings (SSSR count). The van der Waals surface area contributed by atoms with Gasteiger partial charge >= 0.3 is 0 Å². The second kappa shape index (κ2) is 5.33. The van der Waals surface area contributed by atoms with Crippen LogP contribution in [0.1, 0.15) is 32.8 Å². The van der Waals surface area contributed by atoms with Gasteiger partial charge in [-0.1, -0.05) is 20.8 Å². The highest BCUT2D eigenvalue weighted by atomic mass is 15.1. The summed E-state index contributed by atoms with van der Waals surface area (Å²) in [5.74, 6) is 0. The van der Waals surface area contributed by atoms with Gasteiger partial charge in [-0.05, 0) is 50.2 Å². The Bertz CT molecular complexity index is 547. The smallest absolute Gasteiger partial charge is 0.140 e. The monoisotopic (exact) mass is 259 g/mol. The summed E-state index contributed by atoms with van der Waals surface area (Å²) in [5.41, 5.74) is 2.66. The number of pyridine rings is 1. The van der Waals surface area contributed by atoms with Crippen LogP contribution in [0.2, 0.25) is 0 Å². The first kappa shape index (κ1) is 14.1. The third-order valence-electron chi connectivity index (χ3n) is 3.47. The minimum absolute atomic E-state index is 0.164. The Labute approximate surface area is 116 Å². The molecule has 0 N–H and O–H groups in total. The van der Waals surface area contributed by atoms with Crippen molar-refractivity contribution in [3.63, 3.8) is 0 Å². The molecule has 3 nitrogen and oxygen atoms in total. The van der Waals surface area contributed by atoms with E-state index in [1.54, 1.807) is 0 Å². The van der Waals surface area contributed by atoms with E-state index in [9.17, 15) is 0 Å². The molecule has 2 heterocycles. The molecule has 0 saturated heterocycles. The molecule has 19 heavy (non-hydrogen) atoms. The quantitative estimate of drug-likeness (QED) is 0.840. The summed E-state index contributed by atoms with van der Waals surface area (Å²) in [6.45, 7) is 8.91. The van der Waals surface area contributed by atoms with E-state index in [0.29, 0.717) is 0 Å². The Hall–Kier alpha value is -1.35. The lowest BCUT2D eigenvalue weighted by molar-refractivity contribution is 0.387. The molecule has 2 aromatic heterocycles. The standard InChI is InChI=1S/C16H25N3/c1-16(2,3)14-7-9-17-15-13(14)8-12-19(15)11-6-10-18(4)5/h7-9,12H,6,10-11H2,1-5H3. The normalized spacial score (nSPS) is 12.5. The van der Waals surface area contributed by atoms with Gasteiger partial charge in [0.1, 0.15) is 5.65 Å². The van der Waals surface area contributed by atoms with Crippen LogP contribution in [0.5, 0.6) is 0 Å². The van der Waals surface area contributed by atoms with Crippen LogP contribution in [0, 0.1) is 0 Å². The lowest BCUT2D eigenvalue weighted by Gasteiger charge is -2.20. The minimum Gasteiger partial charge on any atom is -0.332 e. The van der Waals surface area contributed by atoms with Crippen molar-refractivity contribution in [3.8, 4) is 0 Å². The average molecular weight is 259 g/mol. The average Bonchev–Trinajstić information content (AvgIpc) is 2.70. The van der Waals surface area contributed by atoms with Gasteiger partial charge in [-0.2, -0.15) is 0 Å². The van der Waals surface area contributed by atoms with Gasteiger partial charge in [0.15, 0.2) is 0 Å². The summed E-state index contributed by atoms with van der Waals surface area (Å²) >= 11 is 0. The molecule has 0 aliphatic carbocycles. The van der Waals surface area contributed by atoms with Crippen molar-refractivity contribution in [2.45, 2.75) is 39.2 Å². The summed E-state index contributed by atoms with van der Waals surface area (Å²) in [7, 11) is 4.23. The highest BCUT2D eigenvalue weighted by Crippen LogP contribution is 2.29. The van der Waals surface area contributed by atoms with E-state index < -0.39 is 0 Å². The van der Waals surface area contributed by atoms with Gasteiger partial charge in [-0.15, -0.1) is 0 Å². The minimum atomic E-state index is 0.164. The number of rotatable bonds is 4. The number of aryl methyl sites for hydroxylation is 1. The number of nitrogens with zero attached hydrogens (tertiary/aromatic N) is 3. The zero-order valence-electron chi connectivity index (χ0n) is 12.8. The third-order valence-corrected chi connectivity index (χ3v) is 3.47. The van der Waals surface area contributed by atoms with E-state index in [1.807, 2.05) is 6.20 Å². The number of hydrogen-bond acceptors (Lipinski definition) is 2. The Balaban J connectivity index is 2.29. The van der Waals surface area contributed by atoms with E-state index in [4.69, 9.17) is 0 Å². The van der Waals surface area contributed by atoms with Crippen LogP contribution in [-0.2, 0) is 12.0 Å². The van der Waals surface area contributed by atoms with Crippen LogP contribution in [-0.4, -0.2) is 35.1 Å². The fraction of sp³-hybridized carbons (Fsp3) is 0.562. The fourth-order valence-electron chi connectivity index (χ4n) is 2.48. The molecule has 2 aromatic rings. The molecule has 104 valence electrons. The van der Waals surface area contributed by atoms with Crippen LogP contribution in [0.15, 0.2) is 24.5 Å². The van der Waals surface area contributed by atoms with Gasteiger partial charge < -0.3 is 9.47 Å². The van der Waals surface area contributed by atoms with Crippen molar-refractivity contribution in [1.29, 1.82) is 0 Å². The Morgan fingerprint density at radius 2 is 1.95 bits per heavy atom. The second-order valence-corrected chi connectivity index (χ2v) is 6.51. The Kier molecular flexibility index (Phi) is 3.95. The van der Waals surface area contributed by atoms with Crippen molar-refractivity contribution in [2.75, 3.05) is 20.6 Å². The predicted molar refractivity (Wildman–Crippen MR) is 81.6 cm³/mol. The first-order valence-corrected chi connectivity index (χ1v) is 6.98. The Morgan fingerprint density at radius 3 is 2.58 bits per heavy atom. The van der Waals surface area contributed by atoms with Crippen LogP contribution in [0.3, 0.4) is 0 Å². The van der Waals surface area contributed by atoms with Crippen molar-refractivity contribution < 1.29 is 0 Å². The fourth-order valence-corrected chi connectivity index (χ4v) is 2.48. The molecule has 0 fully saturated rings. The van der Waals surface area contributed by atoms with E-state index in [2.05, 4.69) is 67.6 Å². The van der Waals surface area contributed by atoms with E-state index in [0.717, 1.165) is 25.2 Å². The highest BCUT2D eigenvalue weighted by Gasteiger charge is 2.18. The first-order valence-electron chi connectivity index (χ1n) is 6.98. The number of fused-ring (bicyclic) bond motifs is 1. The van der Waals surface area contributed by atoms with Gasteiger partial charge in [0.2, 0.25) is 0 Å². The van der Waals surface area contributed by atoms with Crippen LogP contribution < -0.4 is 0 Å². The van der Waals surface area contributed by atoms with Crippen molar-refractivity contribution >= 4 is 11.0 Å². The maximum absolute atomic E-state index is 4.56. The second-order valence-electron chi connectivity index (χ2n) is 6.51. The van der Waals surface area contributed by atoms with E-state index >= 15 is 0 Å². The molecular formula is C16H25N3. The molecule has 0 aromatic carbocycles. The first-order chi connectivity index (χ1) is 8.89. The highest BCUT2D eigenvalue weighted by molar-refractivity contribution is 5.81. The molecule has 0 unspecified atom stereocenters. The topological polar surface area (TPSA) is 21.1 Å². The van der Waals surface area contributed by atoms with Crippen LogP contribution in [0.25, 0.3) is 11.0 Å². The summed E-state index contributed by atoms with van der Waals surface area (Å²) < 4.78 is 2.27. The molecule has 0 radical (unpaired) electrons. The zero-order valence-corrected chi connectivity index (χ0v) is 12.8. The molecule has 0 aliphatic heterocycles. The summed E-state index contributed by atoms with van der Waals surface area (Å²) in [6, 6.07) is 4.35. The maximum Gasteiger partial charge on any atom is 0.140 e. The SMILES string of the molecule is CN(C)CCCn1ccc2c(C(C)(C)C)ccnc21. The number of aromatic nitrogens is 2. The zero-order chi connectivity index (χ0) is 14.0. The summed E-state index contributed by atoms with van der Waals surface area (Å²) in [6.07, 6.45) is 5.26. The molecule has 0 atom stereocenters. The predicted octanol–water partition coefficient (Wildman–Crippen LogP) is 3.29. The van der Waals surface area contributed by atoms with Gasteiger partial charge in [0.05, 0.1) is 0 Å². The maximum atomic E-state index is 4.56. The van der Waals surface area contributed by atoms with Gasteiger partial charge in [0.25, 0.3) is 0 Å². The van der Waals surface area contributed by atoms with Crippen molar-refractivity contribution in [3.05, 3.63) is 30.1 Å². The number of hydrogen-bond donors (Lipinski definition) is 0. The molecule has 0 aliphatic rings. The lowest BCUT2D eigenvalue weighted by Crippen LogP contribution is -2.15. The largest absolute Gasteiger partial charge is 0.332 e. The van der Waals surface area contributed by atoms with E-state index in [1.165, 1.54) is 10.9 Å². The summed E-state index contributed by atoms with van der Waals surface area (Å²) in [5, 5.41) is 1.29. The molecule has 0 amide bonds. The molecule has 3 heteroatoms. The molecule has 0 saturated carbocycles. The van der Waals surface area contributed by atoms with Gasteiger partial charge in [-0.25, -0.2) is 4.98 Å².